The second-order valence-electron chi connectivity index (χ2n) is 4.17. The molecule has 0 spiro atoms. The van der Waals surface area contributed by atoms with Crippen molar-refractivity contribution < 1.29 is 9.50 Å². The summed E-state index contributed by atoms with van der Waals surface area (Å²) in [5.74, 6) is 0.0355. The summed E-state index contributed by atoms with van der Waals surface area (Å²) >= 11 is 5.85. The second kappa shape index (κ2) is 7.14. The van der Waals surface area contributed by atoms with E-state index in [9.17, 15) is 9.50 Å². The second-order valence-corrected chi connectivity index (χ2v) is 4.57. The van der Waals surface area contributed by atoms with Crippen LogP contribution in [0.3, 0.4) is 0 Å². The average Bonchev–Trinajstić information content (AvgIpc) is 2.36. The fraction of sp³-hybridized carbons (Fsp3) is 0.500. The summed E-state index contributed by atoms with van der Waals surface area (Å²) in [6.07, 6.45) is 0. The lowest BCUT2D eigenvalue weighted by molar-refractivity contribution is 0.147. The quantitative estimate of drug-likeness (QED) is 0.899. The van der Waals surface area contributed by atoms with Gasteiger partial charge in [0.25, 0.3) is 0 Å². The van der Waals surface area contributed by atoms with Gasteiger partial charge in [-0.3, -0.25) is 4.90 Å². The molecule has 0 aliphatic carbocycles. The molecule has 0 amide bonds. The molecule has 2 rings (SSSR count). The number of benzene rings is 1. The first-order chi connectivity index (χ1) is 8.22. The summed E-state index contributed by atoms with van der Waals surface area (Å²) in [4.78, 5) is 2.10. The van der Waals surface area contributed by atoms with E-state index in [0.717, 1.165) is 31.7 Å². The molecule has 0 unspecified atom stereocenters. The van der Waals surface area contributed by atoms with E-state index in [2.05, 4.69) is 10.2 Å². The molecule has 1 atom stereocenters. The first-order valence-electron chi connectivity index (χ1n) is 5.71. The van der Waals surface area contributed by atoms with Crippen LogP contribution in [-0.4, -0.2) is 42.9 Å². The van der Waals surface area contributed by atoms with Gasteiger partial charge in [-0.25, -0.2) is 4.39 Å². The Kier molecular flexibility index (Phi) is 6.15. The number of halogens is 3. The van der Waals surface area contributed by atoms with Gasteiger partial charge in [-0.2, -0.15) is 0 Å². The summed E-state index contributed by atoms with van der Waals surface area (Å²) < 4.78 is 13.2. The third-order valence-electron chi connectivity index (χ3n) is 3.10. The van der Waals surface area contributed by atoms with Crippen LogP contribution >= 0.6 is 24.0 Å². The SMILES string of the molecule is Cl.Oc1ccc([C@@H](CF)N2CCNCC2)cc1Cl. The van der Waals surface area contributed by atoms with Gasteiger partial charge in [-0.05, 0) is 17.7 Å². The lowest BCUT2D eigenvalue weighted by Gasteiger charge is -2.33. The summed E-state index contributed by atoms with van der Waals surface area (Å²) in [5.41, 5.74) is 0.817. The fourth-order valence-corrected chi connectivity index (χ4v) is 2.31. The van der Waals surface area contributed by atoms with Gasteiger partial charge < -0.3 is 10.4 Å². The Labute approximate surface area is 117 Å². The van der Waals surface area contributed by atoms with Crippen molar-refractivity contribution in [2.24, 2.45) is 0 Å². The third-order valence-corrected chi connectivity index (χ3v) is 3.40. The predicted octanol–water partition coefficient (Wildman–Crippen LogP) is 2.38. The van der Waals surface area contributed by atoms with E-state index in [-0.39, 0.29) is 29.2 Å². The van der Waals surface area contributed by atoms with E-state index in [0.29, 0.717) is 0 Å². The maximum Gasteiger partial charge on any atom is 0.134 e. The highest BCUT2D eigenvalue weighted by molar-refractivity contribution is 6.32. The number of nitrogens with zero attached hydrogens (tertiary/aromatic N) is 1. The Bertz CT molecular complexity index is 386. The molecule has 6 heteroatoms. The number of piperazine rings is 1. The Hall–Kier alpha value is -0.550. The minimum Gasteiger partial charge on any atom is -0.506 e. The molecular weight excluding hydrogens is 278 g/mol. The molecule has 18 heavy (non-hydrogen) atoms. The molecule has 0 aromatic heterocycles. The molecule has 2 N–H and O–H groups in total. The first-order valence-corrected chi connectivity index (χ1v) is 6.09. The molecule has 1 fully saturated rings. The molecule has 0 bridgehead atoms. The van der Waals surface area contributed by atoms with Gasteiger partial charge in [0.05, 0.1) is 11.1 Å². The number of nitrogens with one attached hydrogen (secondary N) is 1. The minimum atomic E-state index is -0.443. The van der Waals surface area contributed by atoms with Crippen LogP contribution in [0.2, 0.25) is 5.02 Å². The number of rotatable bonds is 3. The van der Waals surface area contributed by atoms with Gasteiger partial charge >= 0.3 is 0 Å². The van der Waals surface area contributed by atoms with E-state index < -0.39 is 6.67 Å². The van der Waals surface area contributed by atoms with Crippen LogP contribution in [0.5, 0.6) is 5.75 Å². The van der Waals surface area contributed by atoms with Crippen LogP contribution in [0.4, 0.5) is 4.39 Å². The lowest BCUT2D eigenvalue weighted by Crippen LogP contribution is -2.45. The van der Waals surface area contributed by atoms with E-state index in [1.807, 2.05) is 0 Å². The number of aromatic hydroxyl groups is 1. The minimum absolute atomic E-state index is 0. The van der Waals surface area contributed by atoms with Gasteiger partial charge in [-0.15, -0.1) is 12.4 Å². The third kappa shape index (κ3) is 3.48. The normalized spacial score (nSPS) is 18.1. The van der Waals surface area contributed by atoms with Crippen molar-refractivity contribution >= 4 is 24.0 Å². The zero-order chi connectivity index (χ0) is 12.3. The van der Waals surface area contributed by atoms with Gasteiger partial charge in [-0.1, -0.05) is 17.7 Å². The maximum absolute atomic E-state index is 13.2. The lowest BCUT2D eigenvalue weighted by atomic mass is 10.1. The van der Waals surface area contributed by atoms with E-state index >= 15 is 0 Å². The van der Waals surface area contributed by atoms with Gasteiger partial charge in [0.1, 0.15) is 12.4 Å². The Morgan fingerprint density at radius 2 is 2.06 bits per heavy atom. The number of phenolic OH excluding ortho intramolecular Hbond substituents is 1. The van der Waals surface area contributed by atoms with Crippen molar-refractivity contribution in [3.8, 4) is 5.75 Å². The number of hydrogen-bond acceptors (Lipinski definition) is 3. The highest BCUT2D eigenvalue weighted by atomic mass is 35.5. The largest absolute Gasteiger partial charge is 0.506 e. The maximum atomic E-state index is 13.2. The Balaban J connectivity index is 0.00000162. The molecule has 1 heterocycles. The molecule has 102 valence electrons. The number of hydrogen-bond donors (Lipinski definition) is 2. The summed E-state index contributed by atoms with van der Waals surface area (Å²) in [6.45, 7) is 2.96. The van der Waals surface area contributed by atoms with Crippen molar-refractivity contribution in [3.63, 3.8) is 0 Å². The molecule has 1 aliphatic heterocycles. The van der Waals surface area contributed by atoms with Gasteiger partial charge in [0.15, 0.2) is 0 Å². The average molecular weight is 295 g/mol. The zero-order valence-corrected chi connectivity index (χ0v) is 11.5. The monoisotopic (exact) mass is 294 g/mol. The molecule has 0 saturated carbocycles. The standard InChI is InChI=1S/C12H16ClFN2O.ClH/c13-10-7-9(1-2-12(10)17)11(8-14)16-5-3-15-4-6-16;/h1-2,7,11,15,17H,3-6,8H2;1H/t11-;/m1./s1. The predicted molar refractivity (Wildman–Crippen MR) is 73.5 cm³/mol. The van der Waals surface area contributed by atoms with Crippen LogP contribution in [0.25, 0.3) is 0 Å². The van der Waals surface area contributed by atoms with Gasteiger partial charge in [0, 0.05) is 26.2 Å². The Morgan fingerprint density at radius 3 is 2.61 bits per heavy atom. The topological polar surface area (TPSA) is 35.5 Å². The van der Waals surface area contributed by atoms with Crippen molar-refractivity contribution in [1.29, 1.82) is 0 Å². The highest BCUT2D eigenvalue weighted by Gasteiger charge is 2.22. The molecule has 1 aromatic carbocycles. The van der Waals surface area contributed by atoms with Crippen LogP contribution < -0.4 is 5.32 Å². The van der Waals surface area contributed by atoms with Crippen LogP contribution in [0.1, 0.15) is 11.6 Å². The van der Waals surface area contributed by atoms with Gasteiger partial charge in [0.2, 0.25) is 0 Å². The molecular formula is C12H17Cl2FN2O. The van der Waals surface area contributed by atoms with E-state index in [1.165, 1.54) is 6.07 Å². The zero-order valence-electron chi connectivity index (χ0n) is 9.90. The van der Waals surface area contributed by atoms with Crippen molar-refractivity contribution in [2.45, 2.75) is 6.04 Å². The molecule has 1 aliphatic rings. The number of alkyl halides is 1. The smallest absolute Gasteiger partial charge is 0.134 e. The van der Waals surface area contributed by atoms with Crippen LogP contribution in [0.15, 0.2) is 18.2 Å². The number of phenols is 1. The molecule has 3 nitrogen and oxygen atoms in total. The van der Waals surface area contributed by atoms with Crippen LogP contribution in [0, 0.1) is 0 Å². The summed E-state index contributed by atoms with van der Waals surface area (Å²) in [6, 6.07) is 4.62. The van der Waals surface area contributed by atoms with Crippen molar-refractivity contribution in [2.75, 3.05) is 32.9 Å². The van der Waals surface area contributed by atoms with Crippen molar-refractivity contribution in [3.05, 3.63) is 28.8 Å². The van der Waals surface area contributed by atoms with Crippen molar-refractivity contribution in [1.82, 2.24) is 10.2 Å². The summed E-state index contributed by atoms with van der Waals surface area (Å²) in [7, 11) is 0. The molecule has 0 radical (unpaired) electrons. The molecule has 1 aromatic rings. The Morgan fingerprint density at radius 1 is 1.39 bits per heavy atom. The molecule has 1 saturated heterocycles. The summed E-state index contributed by atoms with van der Waals surface area (Å²) in [5, 5.41) is 12.9. The van der Waals surface area contributed by atoms with E-state index in [1.54, 1.807) is 12.1 Å². The first kappa shape index (κ1) is 15.5. The van der Waals surface area contributed by atoms with Crippen LogP contribution in [-0.2, 0) is 0 Å². The van der Waals surface area contributed by atoms with E-state index in [4.69, 9.17) is 11.6 Å². The highest BCUT2D eigenvalue weighted by Crippen LogP contribution is 2.29. The fourth-order valence-electron chi connectivity index (χ4n) is 2.12.